The first-order valence-electron chi connectivity index (χ1n) is 3.04. The number of hydrogen-bond acceptors (Lipinski definition) is 1. The molecule has 0 bridgehead atoms. The topological polar surface area (TPSA) is 3.24 Å². The molecule has 0 unspecified atom stereocenters. The summed E-state index contributed by atoms with van der Waals surface area (Å²) in [5, 5.41) is 0. The fraction of sp³-hybridized carbons (Fsp3) is 1.00. The maximum absolute atomic E-state index is 2.46. The third-order valence-corrected chi connectivity index (χ3v) is 4.80. The summed E-state index contributed by atoms with van der Waals surface area (Å²) < 4.78 is 3.02. The third-order valence-electron chi connectivity index (χ3n) is 1.66. The number of nitrogens with zero attached hydrogens (tertiary/aromatic N) is 1. The van der Waals surface area contributed by atoms with Gasteiger partial charge in [0.05, 0.1) is 0 Å². The molecule has 0 aromatic rings. The Balaban J connectivity index is 2.28. The normalized spacial score (nSPS) is 34.0. The molecule has 1 saturated heterocycles. The van der Waals surface area contributed by atoms with Crippen molar-refractivity contribution in [3.8, 4) is 0 Å². The number of rotatable bonds is 0. The standard InChI is InChI=1S/C6H13IN/c1-6-5-7-3-4-8(6)2/h6H,3-5H2,1-2H3/q-1/t6-/m1/s1. The Morgan fingerprint density at radius 3 is 2.75 bits per heavy atom. The van der Waals surface area contributed by atoms with Gasteiger partial charge in [-0.1, -0.05) is 0 Å². The molecule has 0 aromatic carbocycles. The number of hydrogen-bond donors (Lipinski definition) is 0. The van der Waals surface area contributed by atoms with Gasteiger partial charge in [0.15, 0.2) is 0 Å². The average Bonchev–Trinajstić information content (AvgIpc) is 1.77. The van der Waals surface area contributed by atoms with Gasteiger partial charge in [0.1, 0.15) is 0 Å². The molecule has 0 aromatic heterocycles. The van der Waals surface area contributed by atoms with E-state index >= 15 is 0 Å². The quantitative estimate of drug-likeness (QED) is 0.323. The van der Waals surface area contributed by atoms with E-state index in [1.165, 1.54) is 15.4 Å². The van der Waals surface area contributed by atoms with E-state index in [2.05, 4.69) is 18.9 Å². The van der Waals surface area contributed by atoms with Crippen molar-refractivity contribution < 1.29 is 21.2 Å². The molecule has 2 heteroatoms. The van der Waals surface area contributed by atoms with Gasteiger partial charge in [0.25, 0.3) is 0 Å². The Morgan fingerprint density at radius 2 is 2.38 bits per heavy atom. The zero-order valence-corrected chi connectivity index (χ0v) is 7.68. The summed E-state index contributed by atoms with van der Waals surface area (Å²) in [6.07, 6.45) is 0. The third kappa shape index (κ3) is 1.58. The van der Waals surface area contributed by atoms with Crippen molar-refractivity contribution >= 4 is 0 Å². The summed E-state index contributed by atoms with van der Waals surface area (Å²) in [5.74, 6) is 0. The van der Waals surface area contributed by atoms with E-state index in [1.54, 1.807) is 0 Å². The predicted molar refractivity (Wildman–Crippen MR) is 31.8 cm³/mol. The fourth-order valence-electron chi connectivity index (χ4n) is 0.766. The Bertz CT molecular complexity index is 64.9. The molecule has 0 saturated carbocycles. The summed E-state index contributed by atoms with van der Waals surface area (Å²) in [5.41, 5.74) is 0. The molecular formula is C6H13IN-. The minimum atomic E-state index is 0.606. The molecule has 8 heavy (non-hydrogen) atoms. The molecule has 1 rings (SSSR count). The van der Waals surface area contributed by atoms with Crippen LogP contribution in [0.25, 0.3) is 0 Å². The Hall–Kier alpha value is 0.690. The van der Waals surface area contributed by atoms with Crippen LogP contribution in [0.2, 0.25) is 0 Å². The van der Waals surface area contributed by atoms with Crippen LogP contribution in [0.1, 0.15) is 6.92 Å². The first kappa shape index (κ1) is 6.81. The van der Waals surface area contributed by atoms with Crippen LogP contribution in [0, 0.1) is 0 Å². The van der Waals surface area contributed by atoms with Crippen molar-refractivity contribution in [3.05, 3.63) is 0 Å². The van der Waals surface area contributed by atoms with Crippen LogP contribution in [0.3, 0.4) is 0 Å². The van der Waals surface area contributed by atoms with Crippen molar-refractivity contribution in [2.24, 2.45) is 0 Å². The molecule has 0 spiro atoms. The van der Waals surface area contributed by atoms with E-state index in [1.807, 2.05) is 0 Å². The molecule has 1 atom stereocenters. The van der Waals surface area contributed by atoms with Gasteiger partial charge < -0.3 is 0 Å². The van der Waals surface area contributed by atoms with Crippen molar-refractivity contribution in [2.45, 2.75) is 13.0 Å². The van der Waals surface area contributed by atoms with Crippen LogP contribution in [0.15, 0.2) is 0 Å². The van der Waals surface area contributed by atoms with E-state index in [9.17, 15) is 0 Å². The second-order valence-corrected chi connectivity index (χ2v) is 5.40. The first-order valence-corrected chi connectivity index (χ1v) is 6.09. The van der Waals surface area contributed by atoms with Gasteiger partial charge in [-0.05, 0) is 0 Å². The summed E-state index contributed by atoms with van der Waals surface area (Å²) in [6, 6.07) is 0.886. The summed E-state index contributed by atoms with van der Waals surface area (Å²) in [4.78, 5) is 2.46. The van der Waals surface area contributed by atoms with Gasteiger partial charge in [-0.15, -0.1) is 0 Å². The monoisotopic (exact) mass is 226 g/mol. The van der Waals surface area contributed by atoms with Crippen molar-refractivity contribution in [1.82, 2.24) is 4.90 Å². The number of alkyl halides is 2. The second-order valence-electron chi connectivity index (χ2n) is 2.36. The second kappa shape index (κ2) is 3.01. The van der Waals surface area contributed by atoms with Gasteiger partial charge in [0.2, 0.25) is 0 Å². The van der Waals surface area contributed by atoms with E-state index < -0.39 is 0 Å². The molecule has 50 valence electrons. The maximum atomic E-state index is 2.46. The first-order chi connectivity index (χ1) is 3.80. The van der Waals surface area contributed by atoms with E-state index in [0.29, 0.717) is 21.2 Å². The molecule has 0 amide bonds. The van der Waals surface area contributed by atoms with Crippen LogP contribution >= 0.6 is 0 Å². The van der Waals surface area contributed by atoms with Gasteiger partial charge in [0, 0.05) is 0 Å². The minimum absolute atomic E-state index is 0.606. The molecule has 1 heterocycles. The van der Waals surface area contributed by atoms with Gasteiger partial charge >= 0.3 is 61.5 Å². The molecular weight excluding hydrogens is 213 g/mol. The van der Waals surface area contributed by atoms with Crippen LogP contribution in [0.4, 0.5) is 0 Å². The summed E-state index contributed by atoms with van der Waals surface area (Å²) in [6.45, 7) is 3.69. The van der Waals surface area contributed by atoms with Crippen LogP contribution in [0.5, 0.6) is 0 Å². The summed E-state index contributed by atoms with van der Waals surface area (Å²) >= 11 is 0.606. The van der Waals surface area contributed by atoms with Crippen molar-refractivity contribution in [2.75, 3.05) is 22.4 Å². The van der Waals surface area contributed by atoms with E-state index in [0.717, 1.165) is 6.04 Å². The average molecular weight is 226 g/mol. The van der Waals surface area contributed by atoms with Crippen molar-refractivity contribution in [3.63, 3.8) is 0 Å². The van der Waals surface area contributed by atoms with Gasteiger partial charge in [-0.3, -0.25) is 0 Å². The SMILES string of the molecule is C[C@@H]1C[I-]CCN1C. The molecule has 0 aliphatic carbocycles. The summed E-state index contributed by atoms with van der Waals surface area (Å²) in [7, 11) is 2.23. The molecule has 0 radical (unpaired) electrons. The zero-order chi connectivity index (χ0) is 5.98. The van der Waals surface area contributed by atoms with Gasteiger partial charge in [-0.25, -0.2) is 0 Å². The molecule has 1 aliphatic heterocycles. The number of halogens is 1. The fourth-order valence-corrected chi connectivity index (χ4v) is 3.88. The Labute approximate surface area is 61.7 Å². The Kier molecular flexibility index (Phi) is 2.56. The Morgan fingerprint density at radius 1 is 1.62 bits per heavy atom. The zero-order valence-electron chi connectivity index (χ0n) is 5.52. The van der Waals surface area contributed by atoms with E-state index in [4.69, 9.17) is 0 Å². The van der Waals surface area contributed by atoms with Crippen LogP contribution in [-0.2, 0) is 0 Å². The van der Waals surface area contributed by atoms with Crippen LogP contribution < -0.4 is 21.2 Å². The van der Waals surface area contributed by atoms with Crippen LogP contribution in [-0.4, -0.2) is 33.4 Å². The van der Waals surface area contributed by atoms with Gasteiger partial charge in [-0.2, -0.15) is 0 Å². The molecule has 1 fully saturated rings. The molecule has 1 aliphatic rings. The predicted octanol–water partition coefficient (Wildman–Crippen LogP) is -2.59. The molecule has 0 N–H and O–H groups in total. The van der Waals surface area contributed by atoms with E-state index in [-0.39, 0.29) is 0 Å². The van der Waals surface area contributed by atoms with Crippen molar-refractivity contribution in [1.29, 1.82) is 0 Å². The molecule has 1 nitrogen and oxygen atoms in total.